The van der Waals surface area contributed by atoms with Crippen LogP contribution in [0, 0.1) is 11.6 Å². The molecule has 0 aliphatic carbocycles. The quantitative estimate of drug-likeness (QED) is 0.500. The minimum atomic E-state index is -0.735. The van der Waals surface area contributed by atoms with Crippen molar-refractivity contribution in [1.29, 1.82) is 0 Å². The molecule has 7 heteroatoms. The Labute approximate surface area is 164 Å². The van der Waals surface area contributed by atoms with Gasteiger partial charge in [-0.2, -0.15) is 0 Å². The number of benzene rings is 3. The smallest absolute Gasteiger partial charge is 0.293 e. The molecule has 4 rings (SSSR count). The van der Waals surface area contributed by atoms with Crippen molar-refractivity contribution < 1.29 is 22.8 Å². The van der Waals surface area contributed by atoms with Gasteiger partial charge in [0.05, 0.1) is 5.69 Å². The SMILES string of the molecule is O=C(Nc1c(C(=O)Nc2ccccc2F)oc2ccccc12)c1cccc(F)c1. The molecule has 0 atom stereocenters. The fourth-order valence-electron chi connectivity index (χ4n) is 2.89. The molecule has 0 bridgehead atoms. The topological polar surface area (TPSA) is 71.3 Å². The zero-order chi connectivity index (χ0) is 20.4. The number of hydrogen-bond acceptors (Lipinski definition) is 3. The second-order valence-electron chi connectivity index (χ2n) is 6.20. The molecule has 0 saturated heterocycles. The number of amides is 2. The number of nitrogens with one attached hydrogen (secondary N) is 2. The minimum Gasteiger partial charge on any atom is -0.449 e. The summed E-state index contributed by atoms with van der Waals surface area (Å²) in [5, 5.41) is 5.52. The zero-order valence-electron chi connectivity index (χ0n) is 14.9. The van der Waals surface area contributed by atoms with Gasteiger partial charge in [0.1, 0.15) is 22.9 Å². The Balaban J connectivity index is 1.72. The maximum Gasteiger partial charge on any atom is 0.293 e. The third kappa shape index (κ3) is 3.70. The molecular formula is C22H14F2N2O3. The zero-order valence-corrected chi connectivity index (χ0v) is 14.9. The van der Waals surface area contributed by atoms with E-state index in [1.807, 2.05) is 0 Å². The number of furan rings is 1. The van der Waals surface area contributed by atoms with Crippen molar-refractivity contribution in [3.05, 3.63) is 95.8 Å². The van der Waals surface area contributed by atoms with Crippen LogP contribution in [0.2, 0.25) is 0 Å². The van der Waals surface area contributed by atoms with E-state index in [2.05, 4.69) is 10.6 Å². The Kier molecular flexibility index (Phi) is 4.78. The molecule has 0 saturated carbocycles. The highest BCUT2D eigenvalue weighted by atomic mass is 19.1. The maximum atomic E-state index is 13.9. The first-order valence-corrected chi connectivity index (χ1v) is 8.67. The van der Waals surface area contributed by atoms with E-state index in [-0.39, 0.29) is 22.7 Å². The van der Waals surface area contributed by atoms with Crippen molar-refractivity contribution in [2.24, 2.45) is 0 Å². The van der Waals surface area contributed by atoms with Crippen molar-refractivity contribution in [1.82, 2.24) is 0 Å². The summed E-state index contributed by atoms with van der Waals surface area (Å²) in [6, 6.07) is 17.6. The number of halogens is 2. The fourth-order valence-corrected chi connectivity index (χ4v) is 2.89. The summed E-state index contributed by atoms with van der Waals surface area (Å²) in [5.41, 5.74) is 0.528. The highest BCUT2D eigenvalue weighted by Gasteiger charge is 2.23. The van der Waals surface area contributed by atoms with Crippen molar-refractivity contribution in [3.63, 3.8) is 0 Å². The average molecular weight is 392 g/mol. The molecule has 2 N–H and O–H groups in total. The number of carbonyl (C=O) groups is 2. The summed E-state index contributed by atoms with van der Waals surface area (Å²) in [7, 11) is 0. The van der Waals surface area contributed by atoms with Crippen molar-refractivity contribution in [3.8, 4) is 0 Å². The summed E-state index contributed by atoms with van der Waals surface area (Å²) in [4.78, 5) is 25.3. The van der Waals surface area contributed by atoms with Crippen LogP contribution in [-0.4, -0.2) is 11.8 Å². The second kappa shape index (κ2) is 7.55. The van der Waals surface area contributed by atoms with E-state index in [0.29, 0.717) is 11.0 Å². The molecule has 4 aromatic rings. The maximum absolute atomic E-state index is 13.9. The van der Waals surface area contributed by atoms with Crippen molar-refractivity contribution >= 4 is 34.2 Å². The Hall–Kier alpha value is -4.00. The Morgan fingerprint density at radius 2 is 1.55 bits per heavy atom. The van der Waals surface area contributed by atoms with Crippen LogP contribution in [0.1, 0.15) is 20.9 Å². The van der Waals surface area contributed by atoms with Crippen molar-refractivity contribution in [2.45, 2.75) is 0 Å². The molecule has 0 aliphatic heterocycles. The molecule has 3 aromatic carbocycles. The molecule has 0 spiro atoms. The van der Waals surface area contributed by atoms with Gasteiger partial charge in [0, 0.05) is 10.9 Å². The fraction of sp³-hybridized carbons (Fsp3) is 0. The van der Waals surface area contributed by atoms with E-state index >= 15 is 0 Å². The monoisotopic (exact) mass is 392 g/mol. The first kappa shape index (κ1) is 18.4. The van der Waals surface area contributed by atoms with Gasteiger partial charge >= 0.3 is 0 Å². The van der Waals surface area contributed by atoms with Gasteiger partial charge in [-0.25, -0.2) is 8.78 Å². The predicted octanol–water partition coefficient (Wildman–Crippen LogP) is 5.22. The van der Waals surface area contributed by atoms with E-state index in [4.69, 9.17) is 4.42 Å². The summed E-state index contributed by atoms with van der Waals surface area (Å²) in [5.74, 6) is -2.72. The number of rotatable bonds is 4. The van der Waals surface area contributed by atoms with Gasteiger partial charge in [-0.15, -0.1) is 0 Å². The molecule has 1 aromatic heterocycles. The number of carbonyl (C=O) groups excluding carboxylic acids is 2. The molecule has 0 aliphatic rings. The van der Waals surface area contributed by atoms with Gasteiger partial charge in [-0.3, -0.25) is 9.59 Å². The molecule has 29 heavy (non-hydrogen) atoms. The summed E-state index contributed by atoms with van der Waals surface area (Å²) >= 11 is 0. The lowest BCUT2D eigenvalue weighted by Crippen LogP contribution is -2.17. The Morgan fingerprint density at radius 1 is 0.793 bits per heavy atom. The molecule has 0 fully saturated rings. The highest BCUT2D eigenvalue weighted by Crippen LogP contribution is 2.32. The largest absolute Gasteiger partial charge is 0.449 e. The number of anilines is 2. The van der Waals surface area contributed by atoms with Crippen LogP contribution in [-0.2, 0) is 0 Å². The van der Waals surface area contributed by atoms with E-state index in [1.165, 1.54) is 36.4 Å². The predicted molar refractivity (Wildman–Crippen MR) is 105 cm³/mol. The second-order valence-corrected chi connectivity index (χ2v) is 6.20. The molecular weight excluding hydrogens is 378 g/mol. The van der Waals surface area contributed by atoms with Gasteiger partial charge in [-0.05, 0) is 42.5 Å². The first-order valence-electron chi connectivity index (χ1n) is 8.67. The summed E-state index contributed by atoms with van der Waals surface area (Å²) in [6.07, 6.45) is 0. The van der Waals surface area contributed by atoms with E-state index < -0.39 is 23.4 Å². The molecule has 5 nitrogen and oxygen atoms in total. The third-order valence-electron chi connectivity index (χ3n) is 4.25. The lowest BCUT2D eigenvalue weighted by Gasteiger charge is -2.08. The number of hydrogen-bond donors (Lipinski definition) is 2. The van der Waals surface area contributed by atoms with Gasteiger partial charge < -0.3 is 15.1 Å². The Bertz CT molecular complexity index is 1230. The lowest BCUT2D eigenvalue weighted by molar-refractivity contribution is 0.0999. The summed E-state index contributed by atoms with van der Waals surface area (Å²) in [6.45, 7) is 0. The third-order valence-corrected chi connectivity index (χ3v) is 4.25. The van der Waals surface area contributed by atoms with Crippen LogP contribution in [0.4, 0.5) is 20.2 Å². The molecule has 2 amide bonds. The molecule has 144 valence electrons. The molecule has 1 heterocycles. The van der Waals surface area contributed by atoms with Crippen LogP contribution >= 0.6 is 0 Å². The molecule has 0 unspecified atom stereocenters. The van der Waals surface area contributed by atoms with Crippen molar-refractivity contribution in [2.75, 3.05) is 10.6 Å². The van der Waals surface area contributed by atoms with Crippen LogP contribution < -0.4 is 10.6 Å². The van der Waals surface area contributed by atoms with Crippen LogP contribution in [0.3, 0.4) is 0 Å². The van der Waals surface area contributed by atoms with Gasteiger partial charge in [-0.1, -0.05) is 30.3 Å². The summed E-state index contributed by atoms with van der Waals surface area (Å²) < 4.78 is 32.9. The first-order chi connectivity index (χ1) is 14.0. The minimum absolute atomic E-state index is 0.0274. The lowest BCUT2D eigenvalue weighted by atomic mass is 10.1. The average Bonchev–Trinajstić information content (AvgIpc) is 3.08. The van der Waals surface area contributed by atoms with E-state index in [1.54, 1.807) is 30.3 Å². The van der Waals surface area contributed by atoms with Crippen LogP contribution in [0.5, 0.6) is 0 Å². The number of para-hydroxylation sites is 2. The van der Waals surface area contributed by atoms with Crippen LogP contribution in [0.15, 0.2) is 77.2 Å². The Morgan fingerprint density at radius 3 is 2.34 bits per heavy atom. The van der Waals surface area contributed by atoms with Gasteiger partial charge in [0.2, 0.25) is 5.76 Å². The van der Waals surface area contributed by atoms with Gasteiger partial charge in [0.25, 0.3) is 11.8 Å². The highest BCUT2D eigenvalue weighted by molar-refractivity contribution is 6.16. The van der Waals surface area contributed by atoms with Crippen LogP contribution in [0.25, 0.3) is 11.0 Å². The van der Waals surface area contributed by atoms with E-state index in [9.17, 15) is 18.4 Å². The standard InChI is InChI=1S/C22H14F2N2O3/c23-14-7-5-6-13(12-14)21(27)26-19-15-8-1-4-11-18(15)29-20(19)22(28)25-17-10-3-2-9-16(17)24/h1-12H,(H,25,28)(H,26,27). The number of fused-ring (bicyclic) bond motifs is 1. The van der Waals surface area contributed by atoms with Gasteiger partial charge in [0.15, 0.2) is 0 Å². The normalized spacial score (nSPS) is 10.7. The van der Waals surface area contributed by atoms with E-state index in [0.717, 1.165) is 6.07 Å². The molecule has 0 radical (unpaired) electrons.